The van der Waals surface area contributed by atoms with Crippen molar-refractivity contribution in [2.45, 2.75) is 26.8 Å². The number of rotatable bonds is 4. The van der Waals surface area contributed by atoms with Crippen LogP contribution in [0, 0.1) is 6.92 Å². The third kappa shape index (κ3) is 2.68. The van der Waals surface area contributed by atoms with Crippen LogP contribution >= 0.6 is 0 Å². The fourth-order valence-corrected chi connectivity index (χ4v) is 3.69. The molecule has 0 spiro atoms. The predicted molar refractivity (Wildman–Crippen MR) is 106 cm³/mol. The number of nitrogens with two attached hydrogens (primary N) is 1. The Balaban J connectivity index is 1.96. The molecule has 4 rings (SSSR count). The molecule has 138 valence electrons. The van der Waals surface area contributed by atoms with Crippen LogP contribution in [-0.4, -0.2) is 34.4 Å². The van der Waals surface area contributed by atoms with Gasteiger partial charge in [-0.3, -0.25) is 4.79 Å². The van der Waals surface area contributed by atoms with Crippen LogP contribution in [-0.2, 0) is 6.54 Å². The minimum Gasteiger partial charge on any atom is -0.481 e. The van der Waals surface area contributed by atoms with Gasteiger partial charge >= 0.3 is 0 Å². The second-order valence-corrected chi connectivity index (χ2v) is 6.79. The summed E-state index contributed by atoms with van der Waals surface area (Å²) >= 11 is 0. The normalized spacial score (nSPS) is 13.3. The first-order chi connectivity index (χ1) is 13.0. The zero-order valence-electron chi connectivity index (χ0n) is 15.7. The van der Waals surface area contributed by atoms with E-state index in [4.69, 9.17) is 15.5 Å². The first-order valence-corrected chi connectivity index (χ1v) is 9.07. The number of pyridine rings is 2. The van der Waals surface area contributed by atoms with E-state index in [0.29, 0.717) is 30.2 Å². The number of hydrogen-bond donors (Lipinski definition) is 1. The number of anilines is 1. The van der Waals surface area contributed by atoms with Gasteiger partial charge in [0.2, 0.25) is 5.88 Å². The zero-order valence-corrected chi connectivity index (χ0v) is 15.7. The molecule has 0 atom stereocenters. The molecule has 0 aliphatic carbocycles. The second-order valence-electron chi connectivity index (χ2n) is 6.79. The average Bonchev–Trinajstić information content (AvgIpc) is 2.98. The molecule has 0 saturated heterocycles. The Morgan fingerprint density at radius 3 is 2.74 bits per heavy atom. The quantitative estimate of drug-likeness (QED) is 0.767. The summed E-state index contributed by atoms with van der Waals surface area (Å²) < 4.78 is 5.49. The lowest BCUT2D eigenvalue weighted by molar-refractivity contribution is 0.0779. The van der Waals surface area contributed by atoms with Crippen LogP contribution in [0.1, 0.15) is 35.1 Å². The van der Waals surface area contributed by atoms with Crippen LogP contribution in [0.25, 0.3) is 22.0 Å². The highest BCUT2D eigenvalue weighted by atomic mass is 16.5. The molecule has 1 amide bonds. The molecule has 0 unspecified atom stereocenters. The summed E-state index contributed by atoms with van der Waals surface area (Å²) in [5.41, 5.74) is 11.6. The zero-order chi connectivity index (χ0) is 19.1. The van der Waals surface area contributed by atoms with Gasteiger partial charge in [0.05, 0.1) is 36.1 Å². The van der Waals surface area contributed by atoms with Crippen LogP contribution in [0.5, 0.6) is 5.88 Å². The molecular formula is C21H22N4O2. The van der Waals surface area contributed by atoms with Gasteiger partial charge < -0.3 is 15.4 Å². The standard InChI is InChI=1S/C21H22N4O2/c1-4-10-25-11-16-17(21(25)26)18(22)15-7-5-6-13(19(15)24-16)14-9-8-12(2)23-20(14)27-3/h5-9H,4,10-11H2,1-3H3,(H2,22,24). The largest absolute Gasteiger partial charge is 0.481 e. The minimum absolute atomic E-state index is 0.0289. The summed E-state index contributed by atoms with van der Waals surface area (Å²) in [4.78, 5) is 23.8. The number of ether oxygens (including phenoxy) is 1. The van der Waals surface area contributed by atoms with E-state index in [2.05, 4.69) is 11.9 Å². The number of carbonyl (C=O) groups excluding carboxylic acids is 1. The van der Waals surface area contributed by atoms with Crippen molar-refractivity contribution in [2.24, 2.45) is 0 Å². The van der Waals surface area contributed by atoms with Crippen molar-refractivity contribution in [2.75, 3.05) is 19.4 Å². The third-order valence-electron chi connectivity index (χ3n) is 4.95. The van der Waals surface area contributed by atoms with Crippen LogP contribution in [0.15, 0.2) is 30.3 Å². The molecule has 2 N–H and O–H groups in total. The number of carbonyl (C=O) groups is 1. The lowest BCUT2D eigenvalue weighted by Crippen LogP contribution is -2.24. The maximum atomic E-state index is 12.7. The van der Waals surface area contributed by atoms with Crippen molar-refractivity contribution in [3.05, 3.63) is 47.3 Å². The van der Waals surface area contributed by atoms with Gasteiger partial charge in [0.1, 0.15) is 0 Å². The number of aryl methyl sites for hydroxylation is 1. The molecule has 0 saturated carbocycles. The first-order valence-electron chi connectivity index (χ1n) is 9.07. The lowest BCUT2D eigenvalue weighted by atomic mass is 9.99. The van der Waals surface area contributed by atoms with Gasteiger partial charge in [-0.05, 0) is 25.5 Å². The number of para-hydroxylation sites is 1. The van der Waals surface area contributed by atoms with E-state index >= 15 is 0 Å². The van der Waals surface area contributed by atoms with Gasteiger partial charge in [0.15, 0.2) is 0 Å². The van der Waals surface area contributed by atoms with Crippen molar-refractivity contribution >= 4 is 22.5 Å². The number of methoxy groups -OCH3 is 1. The maximum absolute atomic E-state index is 12.7. The van der Waals surface area contributed by atoms with E-state index in [-0.39, 0.29) is 5.91 Å². The number of nitrogens with zero attached hydrogens (tertiary/aromatic N) is 3. The average molecular weight is 362 g/mol. The van der Waals surface area contributed by atoms with Crippen LogP contribution < -0.4 is 10.5 Å². The Hall–Kier alpha value is -3.15. The molecule has 3 heterocycles. The van der Waals surface area contributed by atoms with Gasteiger partial charge in [-0.25, -0.2) is 9.97 Å². The Kier molecular flexibility index (Phi) is 4.18. The summed E-state index contributed by atoms with van der Waals surface area (Å²) in [7, 11) is 1.61. The van der Waals surface area contributed by atoms with E-state index in [9.17, 15) is 4.79 Å². The molecule has 6 heteroatoms. The Bertz CT molecular complexity index is 1060. The molecule has 3 aromatic rings. The second kappa shape index (κ2) is 6.54. The fourth-order valence-electron chi connectivity index (χ4n) is 3.69. The number of amides is 1. The number of aromatic nitrogens is 2. The van der Waals surface area contributed by atoms with Gasteiger partial charge in [0, 0.05) is 28.8 Å². The number of benzene rings is 1. The topological polar surface area (TPSA) is 81.3 Å². The first kappa shape index (κ1) is 17.3. The Morgan fingerprint density at radius 2 is 2.00 bits per heavy atom. The molecular weight excluding hydrogens is 340 g/mol. The van der Waals surface area contributed by atoms with E-state index < -0.39 is 0 Å². The monoisotopic (exact) mass is 362 g/mol. The summed E-state index contributed by atoms with van der Waals surface area (Å²) in [6.07, 6.45) is 0.899. The predicted octanol–water partition coefficient (Wildman–Crippen LogP) is 3.56. The van der Waals surface area contributed by atoms with Gasteiger partial charge in [-0.1, -0.05) is 25.1 Å². The van der Waals surface area contributed by atoms with Crippen LogP contribution in [0.4, 0.5) is 5.69 Å². The summed E-state index contributed by atoms with van der Waals surface area (Å²) in [6.45, 7) is 5.18. The van der Waals surface area contributed by atoms with Gasteiger partial charge in [-0.15, -0.1) is 0 Å². The highest BCUT2D eigenvalue weighted by Gasteiger charge is 2.32. The number of nitrogen functional groups attached to an aromatic ring is 1. The number of fused-ring (bicyclic) bond motifs is 2. The van der Waals surface area contributed by atoms with Crippen LogP contribution in [0.3, 0.4) is 0 Å². The maximum Gasteiger partial charge on any atom is 0.258 e. The third-order valence-corrected chi connectivity index (χ3v) is 4.95. The minimum atomic E-state index is -0.0289. The van der Waals surface area contributed by atoms with Crippen molar-refractivity contribution in [3.8, 4) is 17.0 Å². The van der Waals surface area contributed by atoms with Crippen molar-refractivity contribution < 1.29 is 9.53 Å². The molecule has 1 aliphatic rings. The number of hydrogen-bond acceptors (Lipinski definition) is 5. The summed E-state index contributed by atoms with van der Waals surface area (Å²) in [5, 5.41) is 0.778. The molecule has 1 aromatic carbocycles. The molecule has 2 aromatic heterocycles. The Labute approximate surface area is 158 Å². The van der Waals surface area contributed by atoms with E-state index in [1.165, 1.54) is 0 Å². The lowest BCUT2D eigenvalue weighted by Gasteiger charge is -2.13. The van der Waals surface area contributed by atoms with Gasteiger partial charge in [0.25, 0.3) is 5.91 Å². The van der Waals surface area contributed by atoms with Gasteiger partial charge in [-0.2, -0.15) is 0 Å². The molecule has 0 fully saturated rings. The Morgan fingerprint density at radius 1 is 1.19 bits per heavy atom. The SMILES string of the molecule is CCCN1Cc2nc3c(-c4ccc(C)nc4OC)cccc3c(N)c2C1=O. The molecule has 27 heavy (non-hydrogen) atoms. The summed E-state index contributed by atoms with van der Waals surface area (Å²) in [6, 6.07) is 9.74. The van der Waals surface area contributed by atoms with Crippen LogP contribution in [0.2, 0.25) is 0 Å². The molecule has 0 radical (unpaired) electrons. The van der Waals surface area contributed by atoms with E-state index in [1.54, 1.807) is 12.0 Å². The highest BCUT2D eigenvalue weighted by molar-refractivity contribution is 6.11. The van der Waals surface area contributed by atoms with Crippen molar-refractivity contribution in [1.82, 2.24) is 14.9 Å². The molecule has 0 bridgehead atoms. The van der Waals surface area contributed by atoms with E-state index in [0.717, 1.165) is 39.8 Å². The van der Waals surface area contributed by atoms with Crippen molar-refractivity contribution in [1.29, 1.82) is 0 Å². The summed E-state index contributed by atoms with van der Waals surface area (Å²) in [5.74, 6) is 0.519. The fraction of sp³-hybridized carbons (Fsp3) is 0.286. The molecule has 6 nitrogen and oxygen atoms in total. The molecule has 1 aliphatic heterocycles. The smallest absolute Gasteiger partial charge is 0.258 e. The van der Waals surface area contributed by atoms with E-state index in [1.807, 2.05) is 37.3 Å². The highest BCUT2D eigenvalue weighted by Crippen LogP contribution is 2.38. The van der Waals surface area contributed by atoms with Crippen molar-refractivity contribution in [3.63, 3.8) is 0 Å².